The molecule has 1 aliphatic heterocycles. The van der Waals surface area contributed by atoms with Crippen molar-refractivity contribution in [1.82, 2.24) is 25.3 Å². The monoisotopic (exact) mass is 512 g/mol. The van der Waals surface area contributed by atoms with Gasteiger partial charge in [0.25, 0.3) is 0 Å². The van der Waals surface area contributed by atoms with Crippen LogP contribution in [0.15, 0.2) is 41.7 Å². The number of aryl methyl sites for hydroxylation is 1. The molecule has 0 bridgehead atoms. The molecule has 0 fully saturated rings. The minimum atomic E-state index is -1.05. The van der Waals surface area contributed by atoms with Gasteiger partial charge in [-0.25, -0.2) is 4.99 Å². The molecule has 3 N–H and O–H groups in total. The quantitative estimate of drug-likeness (QED) is 0.300. The highest BCUT2D eigenvalue weighted by atomic mass is 127. The molecule has 0 saturated heterocycles. The largest absolute Gasteiger partial charge is 0.383 e. The predicted octanol–water partition coefficient (Wildman–Crippen LogP) is 1.86. The summed E-state index contributed by atoms with van der Waals surface area (Å²) in [4.78, 5) is 7.04. The number of nitrogens with zero attached hydrogens (tertiary/aromatic N) is 4. The Kier molecular flexibility index (Phi) is 8.91. The normalized spacial score (nSPS) is 16.5. The molecule has 0 amide bonds. The number of guanidine groups is 1. The zero-order valence-electron chi connectivity index (χ0n) is 17.6. The Morgan fingerprint density at radius 2 is 2.03 bits per heavy atom. The van der Waals surface area contributed by atoms with E-state index in [4.69, 9.17) is 0 Å². The van der Waals surface area contributed by atoms with Crippen molar-refractivity contribution in [3.05, 3.63) is 53.3 Å². The molecule has 2 aromatic rings. The lowest BCUT2D eigenvalue weighted by atomic mass is 10.00. The van der Waals surface area contributed by atoms with E-state index in [1.165, 1.54) is 11.1 Å². The van der Waals surface area contributed by atoms with E-state index < -0.39 is 5.60 Å². The zero-order valence-corrected chi connectivity index (χ0v) is 19.9. The molecule has 1 aliphatic rings. The highest BCUT2D eigenvalue weighted by Crippen LogP contribution is 2.20. The summed E-state index contributed by atoms with van der Waals surface area (Å²) in [6.07, 6.45) is 4.62. The van der Waals surface area contributed by atoms with E-state index in [2.05, 4.69) is 49.9 Å². The van der Waals surface area contributed by atoms with Crippen molar-refractivity contribution in [2.24, 2.45) is 12.0 Å². The lowest BCUT2D eigenvalue weighted by molar-refractivity contribution is 0.0671. The Hall–Kier alpha value is -1.65. The molecule has 29 heavy (non-hydrogen) atoms. The first-order valence-corrected chi connectivity index (χ1v) is 10.0. The summed E-state index contributed by atoms with van der Waals surface area (Å²) in [5.74, 6) is 0.726. The summed E-state index contributed by atoms with van der Waals surface area (Å²) >= 11 is 0. The van der Waals surface area contributed by atoms with Crippen LogP contribution in [0.4, 0.5) is 0 Å². The third-order valence-electron chi connectivity index (χ3n) is 5.15. The molecule has 1 aromatic heterocycles. The van der Waals surface area contributed by atoms with Crippen LogP contribution in [-0.4, -0.2) is 58.5 Å². The van der Waals surface area contributed by atoms with Gasteiger partial charge in [0.1, 0.15) is 5.60 Å². The maximum absolute atomic E-state index is 10.7. The standard InChI is InChI=1S/C21H32N6O.HI/c1-4-22-20(24-16-21(2,28)19-13-25-26(3)15-19)23-10-12-27-11-9-17-7-5-6-8-18(17)14-27;/h5-8,13,15,28H,4,9-12,14,16H2,1-3H3,(H2,22,23,24);1H. The average molecular weight is 512 g/mol. The number of benzene rings is 1. The number of rotatable bonds is 7. The fraction of sp³-hybridized carbons (Fsp3) is 0.524. The Labute approximate surface area is 190 Å². The highest BCUT2D eigenvalue weighted by molar-refractivity contribution is 14.0. The van der Waals surface area contributed by atoms with Crippen LogP contribution in [-0.2, 0) is 25.6 Å². The molecule has 7 nitrogen and oxygen atoms in total. The van der Waals surface area contributed by atoms with Gasteiger partial charge in [0, 0.05) is 51.5 Å². The third-order valence-corrected chi connectivity index (χ3v) is 5.15. The lowest BCUT2D eigenvalue weighted by Crippen LogP contribution is -2.43. The molecular weight excluding hydrogens is 479 g/mol. The summed E-state index contributed by atoms with van der Waals surface area (Å²) in [5.41, 5.74) is 2.62. The van der Waals surface area contributed by atoms with Crippen LogP contribution in [0, 0.1) is 0 Å². The van der Waals surface area contributed by atoms with Crippen molar-refractivity contribution in [2.75, 3.05) is 32.7 Å². The van der Waals surface area contributed by atoms with E-state index in [-0.39, 0.29) is 30.5 Å². The smallest absolute Gasteiger partial charge is 0.191 e. The topological polar surface area (TPSA) is 77.7 Å². The maximum atomic E-state index is 10.7. The fourth-order valence-corrected chi connectivity index (χ4v) is 3.44. The van der Waals surface area contributed by atoms with Gasteiger partial charge < -0.3 is 15.7 Å². The fourth-order valence-electron chi connectivity index (χ4n) is 3.44. The number of aliphatic hydroxyl groups is 1. The van der Waals surface area contributed by atoms with Crippen LogP contribution in [0.2, 0.25) is 0 Å². The zero-order chi connectivity index (χ0) is 20.0. The number of hydrogen-bond acceptors (Lipinski definition) is 4. The van der Waals surface area contributed by atoms with E-state index in [0.717, 1.165) is 50.7 Å². The summed E-state index contributed by atoms with van der Waals surface area (Å²) in [7, 11) is 1.84. The Morgan fingerprint density at radius 1 is 1.28 bits per heavy atom. The molecule has 1 aromatic carbocycles. The molecular formula is C21H33IN6O. The Bertz CT molecular complexity index is 804. The average Bonchev–Trinajstić information content (AvgIpc) is 3.13. The van der Waals surface area contributed by atoms with E-state index in [0.29, 0.717) is 0 Å². The van der Waals surface area contributed by atoms with Crippen LogP contribution in [0.1, 0.15) is 30.5 Å². The Morgan fingerprint density at radius 3 is 2.72 bits per heavy atom. The first kappa shape index (κ1) is 23.6. The van der Waals surface area contributed by atoms with Gasteiger partial charge in [-0.05, 0) is 31.4 Å². The van der Waals surface area contributed by atoms with Crippen LogP contribution in [0.25, 0.3) is 0 Å². The number of nitrogens with one attached hydrogen (secondary N) is 2. The van der Waals surface area contributed by atoms with Crippen LogP contribution < -0.4 is 10.6 Å². The second-order valence-electron chi connectivity index (χ2n) is 7.59. The minimum Gasteiger partial charge on any atom is -0.383 e. The molecule has 0 saturated carbocycles. The molecule has 1 unspecified atom stereocenters. The third kappa shape index (κ3) is 6.68. The highest BCUT2D eigenvalue weighted by Gasteiger charge is 2.24. The maximum Gasteiger partial charge on any atom is 0.191 e. The number of fused-ring (bicyclic) bond motifs is 1. The van der Waals surface area contributed by atoms with Gasteiger partial charge in [-0.2, -0.15) is 5.10 Å². The van der Waals surface area contributed by atoms with E-state index in [1.54, 1.807) is 17.8 Å². The van der Waals surface area contributed by atoms with Crippen molar-refractivity contribution in [1.29, 1.82) is 0 Å². The number of aliphatic imine (C=N–C) groups is 1. The molecule has 0 spiro atoms. The van der Waals surface area contributed by atoms with Gasteiger partial charge in [0.05, 0.1) is 12.7 Å². The van der Waals surface area contributed by atoms with Crippen molar-refractivity contribution in [2.45, 2.75) is 32.4 Å². The predicted molar refractivity (Wildman–Crippen MR) is 128 cm³/mol. The summed E-state index contributed by atoms with van der Waals surface area (Å²) in [6.45, 7) is 8.70. The molecule has 2 heterocycles. The second-order valence-corrected chi connectivity index (χ2v) is 7.59. The van der Waals surface area contributed by atoms with E-state index in [1.807, 2.05) is 20.2 Å². The van der Waals surface area contributed by atoms with Crippen molar-refractivity contribution in [3.63, 3.8) is 0 Å². The molecule has 3 rings (SSSR count). The lowest BCUT2D eigenvalue weighted by Gasteiger charge is -2.29. The first-order chi connectivity index (χ1) is 13.5. The summed E-state index contributed by atoms with van der Waals surface area (Å²) < 4.78 is 1.69. The van der Waals surface area contributed by atoms with E-state index in [9.17, 15) is 5.11 Å². The van der Waals surface area contributed by atoms with Gasteiger partial charge in [0.15, 0.2) is 5.96 Å². The van der Waals surface area contributed by atoms with Crippen molar-refractivity contribution < 1.29 is 5.11 Å². The van der Waals surface area contributed by atoms with Crippen LogP contribution in [0.3, 0.4) is 0 Å². The van der Waals surface area contributed by atoms with Gasteiger partial charge >= 0.3 is 0 Å². The van der Waals surface area contributed by atoms with Crippen molar-refractivity contribution >= 4 is 29.9 Å². The molecule has 0 aliphatic carbocycles. The minimum absolute atomic E-state index is 0. The number of hydrogen-bond donors (Lipinski definition) is 3. The van der Waals surface area contributed by atoms with Crippen LogP contribution >= 0.6 is 24.0 Å². The van der Waals surface area contributed by atoms with Crippen molar-refractivity contribution in [3.8, 4) is 0 Å². The van der Waals surface area contributed by atoms with Gasteiger partial charge in [-0.1, -0.05) is 24.3 Å². The molecule has 0 radical (unpaired) electrons. The first-order valence-electron chi connectivity index (χ1n) is 10.0. The SMILES string of the molecule is CCNC(=NCC(C)(O)c1cnn(C)c1)NCCN1CCc2ccccc2C1.I. The molecule has 1 atom stereocenters. The number of aromatic nitrogens is 2. The molecule has 160 valence electrons. The van der Waals surface area contributed by atoms with Gasteiger partial charge in [0.2, 0.25) is 0 Å². The second kappa shape index (κ2) is 10.9. The van der Waals surface area contributed by atoms with E-state index >= 15 is 0 Å². The summed E-state index contributed by atoms with van der Waals surface area (Å²) in [5, 5.41) is 21.5. The number of halogens is 1. The van der Waals surface area contributed by atoms with Gasteiger partial charge in [-0.3, -0.25) is 9.58 Å². The van der Waals surface area contributed by atoms with Crippen LogP contribution in [0.5, 0.6) is 0 Å². The van der Waals surface area contributed by atoms with Gasteiger partial charge in [-0.15, -0.1) is 24.0 Å². The Balaban J connectivity index is 0.00000300. The molecule has 8 heteroatoms. The summed E-state index contributed by atoms with van der Waals surface area (Å²) in [6, 6.07) is 8.69.